The Hall–Kier alpha value is -2.10. The quantitative estimate of drug-likeness (QED) is 0.801. The molecule has 2 N–H and O–H groups in total. The van der Waals surface area contributed by atoms with Crippen LogP contribution in [0, 0.1) is 13.8 Å². The summed E-state index contributed by atoms with van der Waals surface area (Å²) in [5, 5.41) is 6.66. The van der Waals surface area contributed by atoms with E-state index < -0.39 is 10.0 Å². The van der Waals surface area contributed by atoms with Gasteiger partial charge < -0.3 is 14.4 Å². The molecule has 1 aromatic carbocycles. The zero-order valence-electron chi connectivity index (χ0n) is 14.7. The number of rotatable bonds is 6. The lowest BCUT2D eigenvalue weighted by atomic mass is 10.1. The summed E-state index contributed by atoms with van der Waals surface area (Å²) in [6, 6.07) is 5.49. The summed E-state index contributed by atoms with van der Waals surface area (Å²) >= 11 is 0. The van der Waals surface area contributed by atoms with E-state index in [4.69, 9.17) is 9.47 Å². The number of benzene rings is 1. The zero-order valence-corrected chi connectivity index (χ0v) is 15.5. The molecule has 8 nitrogen and oxygen atoms in total. The Balaban J connectivity index is 1.81. The van der Waals surface area contributed by atoms with Crippen molar-refractivity contribution in [2.75, 3.05) is 27.4 Å². The van der Waals surface area contributed by atoms with Crippen molar-refractivity contribution in [1.29, 1.82) is 0 Å². The SMILES string of the molecule is Cc1n[nH]c(C)c1S(=O)(=O)NCC(c1ccc2c(c1)OCO2)N(C)C. The van der Waals surface area contributed by atoms with Crippen molar-refractivity contribution in [1.82, 2.24) is 19.8 Å². The fourth-order valence-electron chi connectivity index (χ4n) is 2.92. The molecule has 0 saturated heterocycles. The first-order valence-electron chi connectivity index (χ1n) is 7.87. The third-order valence-electron chi connectivity index (χ3n) is 4.20. The molecule has 0 aliphatic carbocycles. The number of sulfonamides is 1. The lowest BCUT2D eigenvalue weighted by Crippen LogP contribution is -2.34. The lowest BCUT2D eigenvalue weighted by molar-refractivity contribution is 0.174. The van der Waals surface area contributed by atoms with E-state index in [1.165, 1.54) is 0 Å². The molecule has 1 aliphatic heterocycles. The monoisotopic (exact) mass is 366 g/mol. The third-order valence-corrected chi connectivity index (χ3v) is 5.89. The average molecular weight is 366 g/mol. The van der Waals surface area contributed by atoms with E-state index in [2.05, 4.69) is 14.9 Å². The first-order chi connectivity index (χ1) is 11.8. The largest absolute Gasteiger partial charge is 0.454 e. The van der Waals surface area contributed by atoms with Gasteiger partial charge in [0.15, 0.2) is 11.5 Å². The number of likely N-dealkylation sites (N-methyl/N-ethyl adjacent to an activating group) is 1. The van der Waals surface area contributed by atoms with Gasteiger partial charge in [0.2, 0.25) is 16.8 Å². The van der Waals surface area contributed by atoms with Crippen LogP contribution in [0.2, 0.25) is 0 Å². The van der Waals surface area contributed by atoms with E-state index in [1.807, 2.05) is 37.2 Å². The normalized spacial score (nSPS) is 14.9. The third kappa shape index (κ3) is 3.48. The molecule has 136 valence electrons. The van der Waals surface area contributed by atoms with Gasteiger partial charge in [0, 0.05) is 12.6 Å². The maximum absolute atomic E-state index is 12.6. The van der Waals surface area contributed by atoms with Crippen molar-refractivity contribution in [2.45, 2.75) is 24.8 Å². The lowest BCUT2D eigenvalue weighted by Gasteiger charge is -2.25. The molecule has 0 saturated carbocycles. The molecule has 2 heterocycles. The van der Waals surface area contributed by atoms with Crippen LogP contribution in [-0.2, 0) is 10.0 Å². The van der Waals surface area contributed by atoms with Gasteiger partial charge in [-0.2, -0.15) is 5.10 Å². The number of nitrogens with zero attached hydrogens (tertiary/aromatic N) is 2. The number of aryl methyl sites for hydroxylation is 2. The van der Waals surface area contributed by atoms with Crippen molar-refractivity contribution in [3.05, 3.63) is 35.2 Å². The summed E-state index contributed by atoms with van der Waals surface area (Å²) in [5.74, 6) is 1.38. The van der Waals surface area contributed by atoms with Crippen molar-refractivity contribution in [3.63, 3.8) is 0 Å². The van der Waals surface area contributed by atoms with Crippen LogP contribution < -0.4 is 14.2 Å². The minimum Gasteiger partial charge on any atom is -0.454 e. The molecule has 9 heteroatoms. The highest BCUT2D eigenvalue weighted by atomic mass is 32.2. The van der Waals surface area contributed by atoms with E-state index in [-0.39, 0.29) is 24.3 Å². The standard InChI is InChI=1S/C16H22N4O4S/c1-10-16(11(2)19-18-10)25(21,22)17-8-13(20(3)4)12-5-6-14-15(7-12)24-9-23-14/h5-7,13,17H,8-9H2,1-4H3,(H,18,19). The molecule has 0 radical (unpaired) electrons. The van der Waals surface area contributed by atoms with Gasteiger partial charge in [-0.1, -0.05) is 6.07 Å². The Morgan fingerprint density at radius 2 is 2.00 bits per heavy atom. The number of ether oxygens (including phenoxy) is 2. The van der Waals surface area contributed by atoms with Gasteiger partial charge in [0.05, 0.1) is 11.4 Å². The second kappa shape index (κ2) is 6.66. The molecule has 0 spiro atoms. The predicted molar refractivity (Wildman–Crippen MR) is 92.2 cm³/mol. The second-order valence-electron chi connectivity index (χ2n) is 6.21. The Bertz CT molecular complexity index is 857. The van der Waals surface area contributed by atoms with Crippen LogP contribution in [0.3, 0.4) is 0 Å². The maximum atomic E-state index is 12.6. The summed E-state index contributed by atoms with van der Waals surface area (Å²) in [7, 11) is 0.149. The van der Waals surface area contributed by atoms with Gasteiger partial charge in [0.1, 0.15) is 4.90 Å². The highest BCUT2D eigenvalue weighted by Gasteiger charge is 2.25. The molecular weight excluding hydrogens is 344 g/mol. The predicted octanol–water partition coefficient (Wildman–Crippen LogP) is 1.34. The number of aromatic nitrogens is 2. The number of nitrogens with one attached hydrogen (secondary N) is 2. The molecule has 0 bridgehead atoms. The number of fused-ring (bicyclic) bond motifs is 1. The summed E-state index contributed by atoms with van der Waals surface area (Å²) < 4.78 is 38.7. The van der Waals surface area contributed by atoms with Crippen LogP contribution in [0.25, 0.3) is 0 Å². The Labute approximate surface area is 147 Å². The second-order valence-corrected chi connectivity index (χ2v) is 7.91. The molecule has 1 atom stereocenters. The summed E-state index contributed by atoms with van der Waals surface area (Å²) in [6.07, 6.45) is 0. The number of hydrogen-bond donors (Lipinski definition) is 2. The van der Waals surface area contributed by atoms with Gasteiger partial charge in [-0.3, -0.25) is 5.10 Å². The maximum Gasteiger partial charge on any atom is 0.244 e. The van der Waals surface area contributed by atoms with E-state index in [1.54, 1.807) is 13.8 Å². The summed E-state index contributed by atoms with van der Waals surface area (Å²) in [4.78, 5) is 2.16. The van der Waals surface area contributed by atoms with E-state index in [9.17, 15) is 8.42 Å². The minimum absolute atomic E-state index is 0.156. The highest BCUT2D eigenvalue weighted by molar-refractivity contribution is 7.89. The Morgan fingerprint density at radius 3 is 2.64 bits per heavy atom. The molecule has 1 aliphatic rings. The molecule has 1 aromatic heterocycles. The van der Waals surface area contributed by atoms with Gasteiger partial charge >= 0.3 is 0 Å². The van der Waals surface area contributed by atoms with Gasteiger partial charge in [0.25, 0.3) is 0 Å². The Kier molecular flexibility index (Phi) is 4.72. The summed E-state index contributed by atoms with van der Waals surface area (Å²) in [5.41, 5.74) is 1.92. The van der Waals surface area contributed by atoms with Crippen molar-refractivity contribution < 1.29 is 17.9 Å². The van der Waals surface area contributed by atoms with Crippen LogP contribution >= 0.6 is 0 Å². The number of H-pyrrole nitrogens is 1. The first-order valence-corrected chi connectivity index (χ1v) is 9.35. The molecule has 25 heavy (non-hydrogen) atoms. The van der Waals surface area contributed by atoms with Crippen LogP contribution in [0.1, 0.15) is 23.0 Å². The van der Waals surface area contributed by atoms with E-state index in [0.717, 1.165) is 5.56 Å². The highest BCUT2D eigenvalue weighted by Crippen LogP contribution is 2.35. The number of hydrogen-bond acceptors (Lipinski definition) is 6. The minimum atomic E-state index is -3.65. The average Bonchev–Trinajstić information content (AvgIpc) is 3.13. The van der Waals surface area contributed by atoms with Crippen LogP contribution in [-0.4, -0.2) is 50.9 Å². The van der Waals surface area contributed by atoms with E-state index in [0.29, 0.717) is 22.9 Å². The topological polar surface area (TPSA) is 96.5 Å². The van der Waals surface area contributed by atoms with Crippen LogP contribution in [0.15, 0.2) is 23.1 Å². The number of aromatic amines is 1. The van der Waals surface area contributed by atoms with Gasteiger partial charge in [-0.15, -0.1) is 0 Å². The van der Waals surface area contributed by atoms with Crippen molar-refractivity contribution in [2.24, 2.45) is 0 Å². The fourth-order valence-corrected chi connectivity index (χ4v) is 4.32. The molecule has 2 aromatic rings. The van der Waals surface area contributed by atoms with E-state index >= 15 is 0 Å². The molecule has 0 amide bonds. The Morgan fingerprint density at radius 1 is 1.28 bits per heavy atom. The molecule has 0 fully saturated rings. The van der Waals surface area contributed by atoms with Crippen LogP contribution in [0.5, 0.6) is 11.5 Å². The van der Waals surface area contributed by atoms with Crippen LogP contribution in [0.4, 0.5) is 0 Å². The molecule has 3 rings (SSSR count). The summed E-state index contributed by atoms with van der Waals surface area (Å²) in [6.45, 7) is 3.78. The zero-order chi connectivity index (χ0) is 18.2. The smallest absolute Gasteiger partial charge is 0.244 e. The van der Waals surface area contributed by atoms with Gasteiger partial charge in [-0.05, 0) is 45.6 Å². The molecule has 1 unspecified atom stereocenters. The first kappa shape index (κ1) is 17.7. The molecular formula is C16H22N4O4S. The van der Waals surface area contributed by atoms with Crippen molar-refractivity contribution >= 4 is 10.0 Å². The fraction of sp³-hybridized carbons (Fsp3) is 0.438. The van der Waals surface area contributed by atoms with Crippen molar-refractivity contribution in [3.8, 4) is 11.5 Å². The van der Waals surface area contributed by atoms with Gasteiger partial charge in [-0.25, -0.2) is 13.1 Å².